The van der Waals surface area contributed by atoms with E-state index in [-0.39, 0.29) is 22.9 Å². The van der Waals surface area contributed by atoms with Crippen molar-refractivity contribution in [3.8, 4) is 5.75 Å². The number of hydrogen-bond donors (Lipinski definition) is 1. The summed E-state index contributed by atoms with van der Waals surface area (Å²) in [7, 11) is 0. The molecule has 2 atom stereocenters. The Balaban J connectivity index is 1.59. The van der Waals surface area contributed by atoms with Gasteiger partial charge in [0.25, 0.3) is 5.91 Å². The molecule has 146 valence electrons. The number of carbonyl (C=O) groups excluding carboxylic acids is 1. The maximum atomic E-state index is 13.0. The lowest BCUT2D eigenvalue weighted by Crippen LogP contribution is -2.65. The first-order valence-corrected chi connectivity index (χ1v) is 9.89. The van der Waals surface area contributed by atoms with Gasteiger partial charge in [-0.1, -0.05) is 13.8 Å². The maximum Gasteiger partial charge on any atom is 0.311 e. The van der Waals surface area contributed by atoms with Gasteiger partial charge in [0, 0.05) is 17.2 Å². The number of amides is 1. The summed E-state index contributed by atoms with van der Waals surface area (Å²) in [4.78, 5) is 23.9. The minimum absolute atomic E-state index is 0.158. The van der Waals surface area contributed by atoms with Crippen LogP contribution in [0.1, 0.15) is 69.7 Å². The lowest BCUT2D eigenvalue weighted by atomic mass is 9.43. The predicted octanol–water partition coefficient (Wildman–Crippen LogP) is 4.47. The zero-order chi connectivity index (χ0) is 19.4. The molecule has 0 radical (unpaired) electrons. The van der Waals surface area contributed by atoms with Crippen molar-refractivity contribution in [1.29, 1.82) is 0 Å². The highest BCUT2D eigenvalue weighted by atomic mass is 16.6. The van der Waals surface area contributed by atoms with Crippen molar-refractivity contribution >= 4 is 11.6 Å². The Hall–Kier alpha value is -2.11. The van der Waals surface area contributed by atoms with Crippen LogP contribution in [0.5, 0.6) is 5.75 Å². The van der Waals surface area contributed by atoms with Gasteiger partial charge >= 0.3 is 5.69 Å². The number of nitrogens with one attached hydrogen (secondary N) is 1. The molecule has 4 fully saturated rings. The molecule has 27 heavy (non-hydrogen) atoms. The van der Waals surface area contributed by atoms with E-state index in [1.54, 1.807) is 13.0 Å². The average Bonchev–Trinajstić information content (AvgIpc) is 2.51. The molecule has 0 spiro atoms. The molecule has 0 aromatic heterocycles. The summed E-state index contributed by atoms with van der Waals surface area (Å²) in [5.41, 5.74) is 0.594. The number of benzene rings is 1. The molecule has 0 heterocycles. The van der Waals surface area contributed by atoms with Crippen molar-refractivity contribution in [2.45, 2.75) is 64.8 Å². The van der Waals surface area contributed by atoms with E-state index in [9.17, 15) is 14.9 Å². The molecule has 4 aliphatic rings. The van der Waals surface area contributed by atoms with Crippen molar-refractivity contribution in [3.63, 3.8) is 0 Å². The average molecular weight is 372 g/mol. The van der Waals surface area contributed by atoms with Crippen LogP contribution in [0.3, 0.4) is 0 Å². The minimum Gasteiger partial charge on any atom is -0.487 e. The van der Waals surface area contributed by atoms with Gasteiger partial charge in [0.15, 0.2) is 5.75 Å². The monoisotopic (exact) mass is 372 g/mol. The molecule has 6 heteroatoms. The number of nitro benzene ring substituents is 1. The molecule has 4 aliphatic carbocycles. The second-order valence-corrected chi connectivity index (χ2v) is 9.74. The lowest BCUT2D eigenvalue weighted by molar-refractivity contribution is -0.385. The summed E-state index contributed by atoms with van der Waals surface area (Å²) < 4.78 is 5.32. The number of carbonyl (C=O) groups is 1. The molecule has 1 aromatic rings. The van der Waals surface area contributed by atoms with E-state index in [4.69, 9.17) is 4.74 Å². The van der Waals surface area contributed by atoms with Crippen LogP contribution in [0.4, 0.5) is 5.69 Å². The topological polar surface area (TPSA) is 81.5 Å². The number of nitro groups is 1. The van der Waals surface area contributed by atoms with Gasteiger partial charge in [-0.15, -0.1) is 0 Å². The molecular weight excluding hydrogens is 344 g/mol. The Morgan fingerprint density at radius 3 is 2.44 bits per heavy atom. The van der Waals surface area contributed by atoms with Gasteiger partial charge in [0.2, 0.25) is 0 Å². The summed E-state index contributed by atoms with van der Waals surface area (Å²) in [5.74, 6) is 0.662. The molecule has 1 aromatic carbocycles. The quantitative estimate of drug-likeness (QED) is 0.611. The molecule has 1 amide bonds. The summed E-state index contributed by atoms with van der Waals surface area (Å²) >= 11 is 0. The standard InChI is InChI=1S/C21H28N2O4/c1-4-27-17-6-5-15(7-16(17)23(25)26)18(24)22-21-10-14-8-19(2,12-21)11-20(3,9-14)13-21/h5-7,14H,4,8-13H2,1-3H3,(H,22,24)/t14?,19-,20-,21?/m1/s1. The molecule has 0 saturated heterocycles. The number of ether oxygens (including phenoxy) is 1. The van der Waals surface area contributed by atoms with Crippen LogP contribution in [0.15, 0.2) is 18.2 Å². The highest BCUT2D eigenvalue weighted by Crippen LogP contribution is 2.66. The number of hydrogen-bond acceptors (Lipinski definition) is 4. The van der Waals surface area contributed by atoms with E-state index in [0.29, 0.717) is 28.9 Å². The number of rotatable bonds is 5. The SMILES string of the molecule is CCOc1ccc(C(=O)NC23CC4C[C@@](C)(C2)C[C@@](C)(C4)C3)cc1[N+](=O)[O-]. The summed E-state index contributed by atoms with van der Waals surface area (Å²) in [6.07, 6.45) is 6.81. The third-order valence-corrected chi connectivity index (χ3v) is 6.72. The van der Waals surface area contributed by atoms with Crippen LogP contribution in [-0.4, -0.2) is 23.0 Å². The van der Waals surface area contributed by atoms with Gasteiger partial charge in [-0.05, 0) is 74.3 Å². The fraction of sp³-hybridized carbons (Fsp3) is 0.667. The van der Waals surface area contributed by atoms with Crippen LogP contribution in [0, 0.1) is 26.9 Å². The van der Waals surface area contributed by atoms with Crippen molar-refractivity contribution in [2.24, 2.45) is 16.7 Å². The first-order chi connectivity index (χ1) is 12.6. The second kappa shape index (κ2) is 5.94. The highest BCUT2D eigenvalue weighted by Gasteiger charge is 2.60. The van der Waals surface area contributed by atoms with Gasteiger partial charge < -0.3 is 10.1 Å². The molecule has 5 rings (SSSR count). The lowest BCUT2D eigenvalue weighted by Gasteiger charge is -2.65. The van der Waals surface area contributed by atoms with Crippen molar-refractivity contribution in [3.05, 3.63) is 33.9 Å². The first kappa shape index (κ1) is 18.3. The van der Waals surface area contributed by atoms with Crippen LogP contribution in [0.2, 0.25) is 0 Å². The fourth-order valence-electron chi connectivity index (χ4n) is 6.98. The molecule has 6 nitrogen and oxygen atoms in total. The first-order valence-electron chi connectivity index (χ1n) is 9.89. The maximum absolute atomic E-state index is 13.0. The molecule has 4 saturated carbocycles. The summed E-state index contributed by atoms with van der Waals surface area (Å²) in [6, 6.07) is 4.49. The van der Waals surface area contributed by atoms with Crippen molar-refractivity contribution in [1.82, 2.24) is 5.32 Å². The van der Waals surface area contributed by atoms with E-state index in [0.717, 1.165) is 19.3 Å². The minimum atomic E-state index is -0.491. The zero-order valence-corrected chi connectivity index (χ0v) is 16.3. The Morgan fingerprint density at radius 1 is 1.22 bits per heavy atom. The smallest absolute Gasteiger partial charge is 0.311 e. The molecule has 4 bridgehead atoms. The van der Waals surface area contributed by atoms with Crippen LogP contribution < -0.4 is 10.1 Å². The number of nitrogens with zero attached hydrogens (tertiary/aromatic N) is 1. The third kappa shape index (κ3) is 3.19. The Morgan fingerprint density at radius 2 is 1.89 bits per heavy atom. The Kier molecular flexibility index (Phi) is 4.02. The van der Waals surface area contributed by atoms with Gasteiger partial charge in [-0.25, -0.2) is 0 Å². The van der Waals surface area contributed by atoms with E-state index in [1.807, 2.05) is 0 Å². The molecule has 0 aliphatic heterocycles. The summed E-state index contributed by atoms with van der Waals surface area (Å²) in [5, 5.41) is 14.7. The summed E-state index contributed by atoms with van der Waals surface area (Å²) in [6.45, 7) is 6.84. The van der Waals surface area contributed by atoms with E-state index < -0.39 is 4.92 Å². The molecule has 0 unspecified atom stereocenters. The normalized spacial score (nSPS) is 36.5. The largest absolute Gasteiger partial charge is 0.487 e. The van der Waals surface area contributed by atoms with Gasteiger partial charge in [0.05, 0.1) is 11.5 Å². The van der Waals surface area contributed by atoms with Crippen molar-refractivity contribution in [2.75, 3.05) is 6.61 Å². The van der Waals surface area contributed by atoms with E-state index in [2.05, 4.69) is 19.2 Å². The van der Waals surface area contributed by atoms with E-state index >= 15 is 0 Å². The van der Waals surface area contributed by atoms with Crippen molar-refractivity contribution < 1.29 is 14.5 Å². The predicted molar refractivity (Wildman–Crippen MR) is 102 cm³/mol. The van der Waals surface area contributed by atoms with Crippen LogP contribution in [-0.2, 0) is 0 Å². The third-order valence-electron chi connectivity index (χ3n) is 6.72. The van der Waals surface area contributed by atoms with Crippen LogP contribution in [0.25, 0.3) is 0 Å². The fourth-order valence-corrected chi connectivity index (χ4v) is 6.98. The Bertz CT molecular complexity index is 787. The molecule has 1 N–H and O–H groups in total. The van der Waals surface area contributed by atoms with Gasteiger partial charge in [-0.2, -0.15) is 0 Å². The second-order valence-electron chi connectivity index (χ2n) is 9.74. The van der Waals surface area contributed by atoms with Crippen LogP contribution >= 0.6 is 0 Å². The van der Waals surface area contributed by atoms with Gasteiger partial charge in [0.1, 0.15) is 0 Å². The highest BCUT2D eigenvalue weighted by molar-refractivity contribution is 5.95. The Labute approximate surface area is 159 Å². The molecular formula is C21H28N2O4. The van der Waals surface area contributed by atoms with Gasteiger partial charge in [-0.3, -0.25) is 14.9 Å². The van der Waals surface area contributed by atoms with E-state index in [1.165, 1.54) is 31.4 Å². The zero-order valence-electron chi connectivity index (χ0n) is 16.3.